The molecule has 0 unspecified atom stereocenters. The zero-order chi connectivity index (χ0) is 16.1. The van der Waals surface area contributed by atoms with Gasteiger partial charge in [-0.3, -0.25) is 9.59 Å². The first-order valence-corrected chi connectivity index (χ1v) is 6.70. The Morgan fingerprint density at radius 1 is 1.05 bits per heavy atom. The molecule has 0 bridgehead atoms. The van der Waals surface area contributed by atoms with E-state index in [-0.39, 0.29) is 11.8 Å². The van der Waals surface area contributed by atoms with Crippen molar-refractivity contribution in [2.75, 3.05) is 10.6 Å². The van der Waals surface area contributed by atoms with Crippen molar-refractivity contribution in [3.05, 3.63) is 59.2 Å². The van der Waals surface area contributed by atoms with Crippen LogP contribution in [0.15, 0.2) is 42.5 Å². The van der Waals surface area contributed by atoms with Crippen LogP contribution < -0.4 is 10.6 Å². The molecule has 5 heteroatoms. The van der Waals surface area contributed by atoms with Crippen molar-refractivity contribution in [3.63, 3.8) is 0 Å². The van der Waals surface area contributed by atoms with Gasteiger partial charge in [-0.15, -0.1) is 0 Å². The molecule has 5 nitrogen and oxygen atoms in total. The Morgan fingerprint density at radius 3 is 2.32 bits per heavy atom. The van der Waals surface area contributed by atoms with Gasteiger partial charge in [-0.2, -0.15) is 5.26 Å². The van der Waals surface area contributed by atoms with Crippen molar-refractivity contribution < 1.29 is 9.59 Å². The Balaban J connectivity index is 2.25. The molecule has 0 atom stereocenters. The van der Waals surface area contributed by atoms with Gasteiger partial charge in [0, 0.05) is 23.9 Å². The van der Waals surface area contributed by atoms with E-state index in [1.807, 2.05) is 13.0 Å². The van der Waals surface area contributed by atoms with Crippen LogP contribution in [-0.2, 0) is 4.79 Å². The number of amides is 2. The molecule has 0 aliphatic rings. The summed E-state index contributed by atoms with van der Waals surface area (Å²) >= 11 is 0. The van der Waals surface area contributed by atoms with E-state index in [1.54, 1.807) is 36.4 Å². The summed E-state index contributed by atoms with van der Waals surface area (Å²) < 4.78 is 0. The van der Waals surface area contributed by atoms with Gasteiger partial charge in [0.15, 0.2) is 0 Å². The fourth-order valence-corrected chi connectivity index (χ4v) is 2.02. The number of rotatable bonds is 3. The third-order valence-corrected chi connectivity index (χ3v) is 3.15. The number of carbonyl (C=O) groups is 2. The van der Waals surface area contributed by atoms with Gasteiger partial charge < -0.3 is 10.6 Å². The minimum Gasteiger partial charge on any atom is -0.326 e. The second-order valence-corrected chi connectivity index (χ2v) is 4.81. The number of hydrogen-bond acceptors (Lipinski definition) is 3. The lowest BCUT2D eigenvalue weighted by Crippen LogP contribution is -2.14. The predicted molar refractivity (Wildman–Crippen MR) is 84.6 cm³/mol. The summed E-state index contributed by atoms with van der Waals surface area (Å²) in [5.41, 5.74) is 2.86. The van der Waals surface area contributed by atoms with Gasteiger partial charge in [-0.25, -0.2) is 0 Å². The van der Waals surface area contributed by atoms with E-state index in [2.05, 4.69) is 10.6 Å². The number of anilines is 2. The highest BCUT2D eigenvalue weighted by Gasteiger charge is 2.10. The van der Waals surface area contributed by atoms with Gasteiger partial charge in [0.05, 0.1) is 11.6 Å². The van der Waals surface area contributed by atoms with Gasteiger partial charge in [0.1, 0.15) is 0 Å². The Kier molecular flexibility index (Phi) is 4.54. The van der Waals surface area contributed by atoms with Crippen molar-refractivity contribution in [1.82, 2.24) is 0 Å². The normalized spacial score (nSPS) is 9.68. The van der Waals surface area contributed by atoms with Crippen LogP contribution in [0, 0.1) is 18.3 Å². The number of nitriles is 1. The van der Waals surface area contributed by atoms with E-state index in [1.165, 1.54) is 13.0 Å². The van der Waals surface area contributed by atoms with Crippen LogP contribution in [-0.4, -0.2) is 11.8 Å². The summed E-state index contributed by atoms with van der Waals surface area (Å²) in [5, 5.41) is 14.4. The largest absolute Gasteiger partial charge is 0.326 e. The highest BCUT2D eigenvalue weighted by molar-refractivity contribution is 6.05. The van der Waals surface area contributed by atoms with Crippen molar-refractivity contribution in [1.29, 1.82) is 5.26 Å². The average molecular weight is 293 g/mol. The first-order valence-electron chi connectivity index (χ1n) is 6.70. The minimum absolute atomic E-state index is 0.173. The smallest absolute Gasteiger partial charge is 0.255 e. The highest BCUT2D eigenvalue weighted by Crippen LogP contribution is 2.24. The van der Waals surface area contributed by atoms with E-state index in [0.29, 0.717) is 22.5 Å². The molecule has 2 aromatic carbocycles. The van der Waals surface area contributed by atoms with E-state index >= 15 is 0 Å². The Bertz CT molecular complexity index is 776. The van der Waals surface area contributed by atoms with Crippen LogP contribution in [0.1, 0.15) is 28.4 Å². The molecule has 0 spiro atoms. The molecular formula is C17H15N3O2. The third kappa shape index (κ3) is 3.49. The van der Waals surface area contributed by atoms with Crippen molar-refractivity contribution in [2.45, 2.75) is 13.8 Å². The van der Waals surface area contributed by atoms with E-state index in [4.69, 9.17) is 5.26 Å². The molecule has 0 aromatic heterocycles. The molecule has 0 fully saturated rings. The van der Waals surface area contributed by atoms with E-state index in [9.17, 15) is 9.59 Å². The first kappa shape index (κ1) is 15.3. The molecule has 0 aliphatic heterocycles. The van der Waals surface area contributed by atoms with Crippen LogP contribution in [0.5, 0.6) is 0 Å². The molecule has 0 saturated heterocycles. The van der Waals surface area contributed by atoms with Gasteiger partial charge in [-0.1, -0.05) is 12.1 Å². The molecule has 2 N–H and O–H groups in total. The first-order chi connectivity index (χ1) is 10.5. The molecule has 0 aliphatic carbocycles. The number of nitrogens with zero attached hydrogens (tertiary/aromatic N) is 1. The summed E-state index contributed by atoms with van der Waals surface area (Å²) in [7, 11) is 0. The van der Waals surface area contributed by atoms with Crippen LogP contribution in [0.2, 0.25) is 0 Å². The molecular weight excluding hydrogens is 278 g/mol. The SMILES string of the molecule is CC(=O)Nc1cccc(NC(=O)c2cccc(C#N)c2)c1C. The maximum absolute atomic E-state index is 12.3. The quantitative estimate of drug-likeness (QED) is 0.912. The lowest BCUT2D eigenvalue weighted by atomic mass is 10.1. The summed E-state index contributed by atoms with van der Waals surface area (Å²) in [6.45, 7) is 3.24. The Morgan fingerprint density at radius 2 is 1.68 bits per heavy atom. The molecule has 2 rings (SSSR count). The monoisotopic (exact) mass is 293 g/mol. The molecule has 110 valence electrons. The molecule has 0 radical (unpaired) electrons. The molecule has 0 heterocycles. The standard InChI is InChI=1S/C17H15N3O2/c1-11-15(19-12(2)21)7-4-8-16(11)20-17(22)14-6-3-5-13(9-14)10-18/h3-9H,1-2H3,(H,19,21)(H,20,22). The predicted octanol–water partition coefficient (Wildman–Crippen LogP) is 3.08. The zero-order valence-electron chi connectivity index (χ0n) is 12.3. The van der Waals surface area contributed by atoms with Crippen molar-refractivity contribution in [3.8, 4) is 6.07 Å². The fraction of sp³-hybridized carbons (Fsp3) is 0.118. The lowest BCUT2D eigenvalue weighted by molar-refractivity contribution is -0.114. The van der Waals surface area contributed by atoms with E-state index < -0.39 is 0 Å². The minimum atomic E-state index is -0.305. The molecule has 0 saturated carbocycles. The van der Waals surface area contributed by atoms with Gasteiger partial charge in [0.2, 0.25) is 5.91 Å². The van der Waals surface area contributed by atoms with Crippen LogP contribution >= 0.6 is 0 Å². The second kappa shape index (κ2) is 6.55. The Labute approximate surface area is 128 Å². The summed E-state index contributed by atoms with van der Waals surface area (Å²) in [6.07, 6.45) is 0. The van der Waals surface area contributed by atoms with Gasteiger partial charge in [0.25, 0.3) is 5.91 Å². The highest BCUT2D eigenvalue weighted by atomic mass is 16.2. The van der Waals surface area contributed by atoms with Crippen LogP contribution in [0.25, 0.3) is 0 Å². The second-order valence-electron chi connectivity index (χ2n) is 4.81. The van der Waals surface area contributed by atoms with Gasteiger partial charge >= 0.3 is 0 Å². The van der Waals surface area contributed by atoms with Gasteiger partial charge in [-0.05, 0) is 42.8 Å². The van der Waals surface area contributed by atoms with Crippen LogP contribution in [0.3, 0.4) is 0 Å². The zero-order valence-corrected chi connectivity index (χ0v) is 12.3. The number of benzene rings is 2. The maximum Gasteiger partial charge on any atom is 0.255 e. The van der Waals surface area contributed by atoms with E-state index in [0.717, 1.165) is 5.56 Å². The molecule has 22 heavy (non-hydrogen) atoms. The fourth-order valence-electron chi connectivity index (χ4n) is 2.02. The maximum atomic E-state index is 12.3. The lowest BCUT2D eigenvalue weighted by Gasteiger charge is -2.12. The average Bonchev–Trinajstić information content (AvgIpc) is 2.51. The van der Waals surface area contributed by atoms with Crippen LogP contribution in [0.4, 0.5) is 11.4 Å². The van der Waals surface area contributed by atoms with Crippen molar-refractivity contribution in [2.24, 2.45) is 0 Å². The summed E-state index contributed by atoms with van der Waals surface area (Å²) in [4.78, 5) is 23.4. The number of nitrogens with one attached hydrogen (secondary N) is 2. The summed E-state index contributed by atoms with van der Waals surface area (Å²) in [6, 6.07) is 13.7. The topological polar surface area (TPSA) is 82.0 Å². The number of hydrogen-bond donors (Lipinski definition) is 2. The number of carbonyl (C=O) groups excluding carboxylic acids is 2. The molecule has 2 amide bonds. The Hall–Kier alpha value is -3.13. The summed E-state index contributed by atoms with van der Waals surface area (Å²) in [5.74, 6) is -0.478. The third-order valence-electron chi connectivity index (χ3n) is 3.15. The molecule has 2 aromatic rings. The van der Waals surface area contributed by atoms with Crippen molar-refractivity contribution >= 4 is 23.2 Å².